The highest BCUT2D eigenvalue weighted by Crippen LogP contribution is 2.43. The van der Waals surface area contributed by atoms with Gasteiger partial charge in [-0.05, 0) is 56.9 Å². The number of methoxy groups -OCH3 is 1. The average Bonchev–Trinajstić information content (AvgIpc) is 3.35. The van der Waals surface area contributed by atoms with Gasteiger partial charge < -0.3 is 4.74 Å². The Kier molecular flexibility index (Phi) is 6.28. The zero-order valence-corrected chi connectivity index (χ0v) is 20.6. The molecule has 0 saturated heterocycles. The number of aromatic nitrogens is 4. The summed E-state index contributed by atoms with van der Waals surface area (Å²) in [5.41, 5.74) is 7.26. The molecule has 7 heteroatoms. The fraction of sp³-hybridized carbons (Fsp3) is 0.333. The summed E-state index contributed by atoms with van der Waals surface area (Å²) >= 11 is 1.61. The van der Waals surface area contributed by atoms with Crippen molar-refractivity contribution >= 4 is 17.1 Å². The van der Waals surface area contributed by atoms with Gasteiger partial charge in [-0.2, -0.15) is 5.10 Å². The number of carbonyl (C=O) groups excluding carboxylic acids is 1. The van der Waals surface area contributed by atoms with E-state index in [1.54, 1.807) is 25.4 Å². The van der Waals surface area contributed by atoms with Gasteiger partial charge in [-0.1, -0.05) is 25.5 Å². The summed E-state index contributed by atoms with van der Waals surface area (Å²) in [5, 5.41) is 6.00. The van der Waals surface area contributed by atoms with Gasteiger partial charge in [0.05, 0.1) is 35.5 Å². The molecule has 1 aromatic carbocycles. The first-order valence-electron chi connectivity index (χ1n) is 11.8. The molecule has 5 rings (SSSR count). The lowest BCUT2D eigenvalue weighted by molar-refractivity contribution is -0.116. The number of para-hydroxylation sites is 2. The second-order valence-electron chi connectivity index (χ2n) is 8.66. The minimum Gasteiger partial charge on any atom is -0.494 e. The number of aryl methyl sites for hydroxylation is 2. The number of carbonyl (C=O) groups is 1. The summed E-state index contributed by atoms with van der Waals surface area (Å²) in [7, 11) is 1.68. The van der Waals surface area contributed by atoms with Crippen LogP contribution in [0, 0.1) is 0 Å². The van der Waals surface area contributed by atoms with Crippen molar-refractivity contribution in [3.8, 4) is 33.3 Å². The van der Waals surface area contributed by atoms with Crippen molar-refractivity contribution in [1.29, 1.82) is 0 Å². The van der Waals surface area contributed by atoms with E-state index in [1.807, 2.05) is 35.1 Å². The smallest absolute Gasteiger partial charge is 0.144 e. The van der Waals surface area contributed by atoms with Gasteiger partial charge in [0.2, 0.25) is 0 Å². The highest BCUT2D eigenvalue weighted by atomic mass is 32.1. The van der Waals surface area contributed by atoms with Crippen LogP contribution in [0.25, 0.3) is 27.5 Å². The molecular formula is C27H28N4O2S. The second kappa shape index (κ2) is 9.50. The van der Waals surface area contributed by atoms with Gasteiger partial charge >= 0.3 is 0 Å². The Morgan fingerprint density at radius 3 is 2.76 bits per heavy atom. The third-order valence-electron chi connectivity index (χ3n) is 6.10. The van der Waals surface area contributed by atoms with Crippen LogP contribution in [-0.4, -0.2) is 32.6 Å². The van der Waals surface area contributed by atoms with Crippen LogP contribution in [0.3, 0.4) is 0 Å². The largest absolute Gasteiger partial charge is 0.494 e. The predicted octanol–water partition coefficient (Wildman–Crippen LogP) is 5.64. The molecule has 0 bridgehead atoms. The molecule has 0 atom stereocenters. The maximum atomic E-state index is 11.8. The van der Waals surface area contributed by atoms with Crippen LogP contribution < -0.4 is 4.74 Å². The molecule has 0 unspecified atom stereocenters. The molecule has 174 valence electrons. The van der Waals surface area contributed by atoms with Crippen LogP contribution in [0.1, 0.15) is 48.6 Å². The number of pyridine rings is 1. The standard InChI is InChI=1S/C27H28N4O2S/c1-4-8-19-14-13-18(16-28-19)25-20-9-7-10-21-27(34-24(29-21)15-17(2)32)26(20)31(30-25)22-11-5-6-12-23(22)33-3/h5-6,11-14,16H,4,7-10,15H2,1-3H3. The lowest BCUT2D eigenvalue weighted by Crippen LogP contribution is -2.02. The summed E-state index contributed by atoms with van der Waals surface area (Å²) in [6.07, 6.45) is 7.12. The topological polar surface area (TPSA) is 69.9 Å². The Bertz CT molecular complexity index is 1340. The van der Waals surface area contributed by atoms with E-state index in [0.717, 1.165) is 81.8 Å². The van der Waals surface area contributed by atoms with Crippen molar-refractivity contribution in [2.75, 3.05) is 7.11 Å². The van der Waals surface area contributed by atoms with Crippen molar-refractivity contribution in [2.45, 2.75) is 52.4 Å². The molecule has 0 radical (unpaired) electrons. The van der Waals surface area contributed by atoms with Gasteiger partial charge in [-0.15, -0.1) is 11.3 Å². The van der Waals surface area contributed by atoms with Crippen LogP contribution in [0.4, 0.5) is 0 Å². The molecule has 0 amide bonds. The lowest BCUT2D eigenvalue weighted by atomic mass is 10.0. The molecule has 0 spiro atoms. The maximum Gasteiger partial charge on any atom is 0.144 e. The lowest BCUT2D eigenvalue weighted by Gasteiger charge is -2.11. The van der Waals surface area contributed by atoms with Crippen LogP contribution >= 0.6 is 11.3 Å². The summed E-state index contributed by atoms with van der Waals surface area (Å²) in [5.74, 6) is 0.886. The number of Topliss-reactive ketones (excluding diaryl/α,β-unsaturated/α-hetero) is 1. The number of ketones is 1. The van der Waals surface area contributed by atoms with E-state index in [4.69, 9.17) is 19.8 Å². The Morgan fingerprint density at radius 2 is 2.03 bits per heavy atom. The number of nitrogens with zero attached hydrogens (tertiary/aromatic N) is 4. The van der Waals surface area contributed by atoms with Crippen molar-refractivity contribution in [2.24, 2.45) is 0 Å². The van der Waals surface area contributed by atoms with E-state index in [-0.39, 0.29) is 5.78 Å². The summed E-state index contributed by atoms with van der Waals surface area (Å²) in [6.45, 7) is 3.78. The third-order valence-corrected chi connectivity index (χ3v) is 7.20. The third kappa shape index (κ3) is 4.16. The molecule has 0 aliphatic heterocycles. The van der Waals surface area contributed by atoms with E-state index in [1.165, 1.54) is 5.56 Å². The molecule has 3 heterocycles. The number of rotatable bonds is 7. The first-order valence-corrected chi connectivity index (χ1v) is 12.6. The molecule has 1 aliphatic rings. The van der Waals surface area contributed by atoms with E-state index >= 15 is 0 Å². The fourth-order valence-electron chi connectivity index (χ4n) is 4.58. The molecule has 6 nitrogen and oxygen atoms in total. The SMILES string of the molecule is CCCc1ccc(-c2nn(-c3ccccc3OC)c3c2CCCc2nc(CC(C)=O)sc2-3)cn1. The zero-order valence-electron chi connectivity index (χ0n) is 19.8. The van der Waals surface area contributed by atoms with Gasteiger partial charge in [0.25, 0.3) is 0 Å². The highest BCUT2D eigenvalue weighted by Gasteiger charge is 2.29. The van der Waals surface area contributed by atoms with E-state index in [9.17, 15) is 4.79 Å². The molecule has 0 fully saturated rings. The average molecular weight is 473 g/mol. The first kappa shape index (κ1) is 22.5. The Morgan fingerprint density at radius 1 is 1.18 bits per heavy atom. The van der Waals surface area contributed by atoms with Crippen molar-refractivity contribution in [1.82, 2.24) is 19.7 Å². The van der Waals surface area contributed by atoms with Crippen molar-refractivity contribution < 1.29 is 9.53 Å². The Hall–Kier alpha value is -3.32. The monoisotopic (exact) mass is 472 g/mol. The molecule has 34 heavy (non-hydrogen) atoms. The van der Waals surface area contributed by atoms with E-state index in [2.05, 4.69) is 19.1 Å². The molecular weight excluding hydrogens is 444 g/mol. The number of benzene rings is 1. The van der Waals surface area contributed by atoms with Gasteiger partial charge in [0.15, 0.2) is 0 Å². The summed E-state index contributed by atoms with van der Waals surface area (Å²) in [6, 6.07) is 12.2. The van der Waals surface area contributed by atoms with Crippen molar-refractivity contribution in [3.05, 3.63) is 64.6 Å². The van der Waals surface area contributed by atoms with E-state index < -0.39 is 0 Å². The Balaban J connectivity index is 1.74. The first-order chi connectivity index (χ1) is 16.6. The van der Waals surface area contributed by atoms with Gasteiger partial charge in [0, 0.05) is 23.0 Å². The minimum absolute atomic E-state index is 0.126. The zero-order chi connectivity index (χ0) is 23.7. The molecule has 1 aliphatic carbocycles. The number of ether oxygens (including phenoxy) is 1. The van der Waals surface area contributed by atoms with Crippen LogP contribution in [-0.2, 0) is 30.5 Å². The molecule has 0 saturated carbocycles. The van der Waals surface area contributed by atoms with Crippen LogP contribution in [0.15, 0.2) is 42.6 Å². The number of fused-ring (bicyclic) bond motifs is 3. The minimum atomic E-state index is 0.126. The van der Waals surface area contributed by atoms with Crippen LogP contribution in [0.2, 0.25) is 0 Å². The van der Waals surface area contributed by atoms with Crippen LogP contribution in [0.5, 0.6) is 5.75 Å². The number of hydrogen-bond acceptors (Lipinski definition) is 6. The highest BCUT2D eigenvalue weighted by molar-refractivity contribution is 7.15. The summed E-state index contributed by atoms with van der Waals surface area (Å²) < 4.78 is 7.70. The Labute approximate surface area is 203 Å². The normalized spacial score (nSPS) is 12.7. The quantitative estimate of drug-likeness (QED) is 0.348. The number of thiazole rings is 1. The van der Waals surface area contributed by atoms with E-state index in [0.29, 0.717) is 6.42 Å². The molecule has 0 N–H and O–H groups in total. The van der Waals surface area contributed by atoms with Crippen molar-refractivity contribution in [3.63, 3.8) is 0 Å². The molecule has 3 aromatic heterocycles. The fourth-order valence-corrected chi connectivity index (χ4v) is 5.82. The van der Waals surface area contributed by atoms with Gasteiger partial charge in [0.1, 0.15) is 22.2 Å². The van der Waals surface area contributed by atoms with Gasteiger partial charge in [-0.3, -0.25) is 9.78 Å². The van der Waals surface area contributed by atoms with Gasteiger partial charge in [-0.25, -0.2) is 9.67 Å². The summed E-state index contributed by atoms with van der Waals surface area (Å²) in [4.78, 5) is 22.4. The number of hydrogen-bond donors (Lipinski definition) is 0. The second-order valence-corrected chi connectivity index (χ2v) is 9.75. The maximum absolute atomic E-state index is 11.8. The predicted molar refractivity (Wildman–Crippen MR) is 135 cm³/mol. The molecule has 4 aromatic rings.